The molecule has 9 nitrogen and oxygen atoms in total. The van der Waals surface area contributed by atoms with Gasteiger partial charge in [-0.05, 0) is 37.8 Å². The van der Waals surface area contributed by atoms with Gasteiger partial charge in [-0.3, -0.25) is 4.79 Å². The van der Waals surface area contributed by atoms with Crippen LogP contribution >= 0.6 is 0 Å². The maximum atomic E-state index is 12.8. The Bertz CT molecular complexity index is 1280. The minimum absolute atomic E-state index is 0.216. The zero-order valence-corrected chi connectivity index (χ0v) is 17.4. The predicted molar refractivity (Wildman–Crippen MR) is 116 cm³/mol. The molecule has 1 amide bonds. The van der Waals surface area contributed by atoms with Gasteiger partial charge in [0.25, 0.3) is 0 Å². The van der Waals surface area contributed by atoms with Crippen molar-refractivity contribution in [1.29, 1.82) is 0 Å². The van der Waals surface area contributed by atoms with E-state index in [-0.39, 0.29) is 11.5 Å². The van der Waals surface area contributed by atoms with Crippen LogP contribution in [0, 0.1) is 5.41 Å². The van der Waals surface area contributed by atoms with Crippen LogP contribution in [0.4, 0.5) is 5.95 Å². The molecule has 2 N–H and O–H groups in total. The summed E-state index contributed by atoms with van der Waals surface area (Å²) in [7, 11) is 0. The number of nitrogens with one attached hydrogen (secondary N) is 2. The number of aromatic nitrogens is 6. The van der Waals surface area contributed by atoms with Gasteiger partial charge in [0.1, 0.15) is 5.65 Å². The topological polar surface area (TPSA) is 104 Å². The Balaban J connectivity index is 1.18. The second-order valence-electron chi connectivity index (χ2n) is 8.92. The van der Waals surface area contributed by atoms with E-state index in [1.165, 1.54) is 0 Å². The number of carbonyl (C=O) groups is 1. The van der Waals surface area contributed by atoms with Gasteiger partial charge in [-0.2, -0.15) is 10.1 Å². The molecule has 5 heterocycles. The van der Waals surface area contributed by atoms with Crippen molar-refractivity contribution in [2.24, 2.45) is 5.41 Å². The quantitative estimate of drug-likeness (QED) is 0.530. The SMILES string of the molecule is C[C@]1(C(=O)N2CCCC2)C[C@H](Nc2ncc3c(-c4ccc5nccn5n4)c[nH]c3n2)C1. The number of likely N-dealkylation sites (tertiary alicyclic amines) is 1. The van der Waals surface area contributed by atoms with Gasteiger partial charge in [-0.15, -0.1) is 0 Å². The lowest BCUT2D eigenvalue weighted by Crippen LogP contribution is -2.53. The van der Waals surface area contributed by atoms with Gasteiger partial charge in [-0.1, -0.05) is 6.92 Å². The maximum Gasteiger partial charge on any atom is 0.228 e. The number of aromatic amines is 1. The van der Waals surface area contributed by atoms with Gasteiger partial charge in [0.05, 0.1) is 11.1 Å². The predicted octanol–water partition coefficient (Wildman–Crippen LogP) is 2.87. The van der Waals surface area contributed by atoms with Crippen molar-refractivity contribution in [3.8, 4) is 11.3 Å². The normalized spacial score (nSPS) is 23.4. The molecule has 0 radical (unpaired) electrons. The number of amides is 1. The van der Waals surface area contributed by atoms with Crippen LogP contribution in [0.5, 0.6) is 0 Å². The number of nitrogens with zero attached hydrogens (tertiary/aromatic N) is 6. The number of imidazole rings is 1. The zero-order valence-electron chi connectivity index (χ0n) is 17.4. The van der Waals surface area contributed by atoms with Crippen molar-refractivity contribution in [3.63, 3.8) is 0 Å². The molecule has 1 aliphatic carbocycles. The number of H-pyrrole nitrogens is 1. The van der Waals surface area contributed by atoms with Crippen molar-refractivity contribution < 1.29 is 4.79 Å². The smallest absolute Gasteiger partial charge is 0.228 e. The fourth-order valence-corrected chi connectivity index (χ4v) is 4.94. The first kappa shape index (κ1) is 18.3. The van der Waals surface area contributed by atoms with E-state index in [1.807, 2.05) is 35.6 Å². The van der Waals surface area contributed by atoms with E-state index in [9.17, 15) is 4.79 Å². The molecule has 6 rings (SSSR count). The third-order valence-electron chi connectivity index (χ3n) is 6.60. The van der Waals surface area contributed by atoms with E-state index in [2.05, 4.69) is 37.3 Å². The van der Waals surface area contributed by atoms with Crippen LogP contribution in [0.2, 0.25) is 0 Å². The molecular formula is C22H24N8O. The Labute approximate surface area is 178 Å². The van der Waals surface area contributed by atoms with Crippen LogP contribution in [0.3, 0.4) is 0 Å². The second kappa shape index (κ2) is 6.76. The first-order chi connectivity index (χ1) is 15.1. The molecule has 0 unspecified atom stereocenters. The molecule has 1 saturated carbocycles. The average molecular weight is 416 g/mol. The van der Waals surface area contributed by atoms with Crippen LogP contribution in [0.25, 0.3) is 27.9 Å². The number of fused-ring (bicyclic) bond motifs is 2. The zero-order chi connectivity index (χ0) is 21.0. The average Bonchev–Trinajstić information content (AvgIpc) is 3.51. The highest BCUT2D eigenvalue weighted by Gasteiger charge is 2.48. The van der Waals surface area contributed by atoms with E-state index in [1.54, 1.807) is 10.7 Å². The number of anilines is 1. The van der Waals surface area contributed by atoms with Gasteiger partial charge >= 0.3 is 0 Å². The summed E-state index contributed by atoms with van der Waals surface area (Å²) in [6.45, 7) is 3.89. The van der Waals surface area contributed by atoms with E-state index in [0.717, 1.165) is 66.7 Å². The molecule has 158 valence electrons. The fraction of sp³-hybridized carbons (Fsp3) is 0.409. The highest BCUT2D eigenvalue weighted by atomic mass is 16.2. The van der Waals surface area contributed by atoms with Crippen molar-refractivity contribution >= 4 is 28.5 Å². The first-order valence-electron chi connectivity index (χ1n) is 10.8. The van der Waals surface area contributed by atoms with Crippen LogP contribution in [0.1, 0.15) is 32.6 Å². The molecule has 2 aliphatic rings. The molecule has 4 aromatic heterocycles. The molecule has 1 saturated heterocycles. The lowest BCUT2D eigenvalue weighted by atomic mass is 9.66. The third-order valence-corrected chi connectivity index (χ3v) is 6.60. The summed E-state index contributed by atoms with van der Waals surface area (Å²) in [5.41, 5.74) is 3.08. The summed E-state index contributed by atoms with van der Waals surface area (Å²) < 4.78 is 1.75. The van der Waals surface area contributed by atoms with Crippen LogP contribution in [0.15, 0.2) is 36.9 Å². The summed E-state index contributed by atoms with van der Waals surface area (Å²) in [6.07, 6.45) is 11.2. The molecule has 1 aliphatic heterocycles. The standard InChI is InChI=1S/C22H24N8O/c1-22(20(31)29-7-2-3-8-29)10-14(11-22)26-21-25-13-16-15(12-24-19(16)27-21)17-4-5-18-23-6-9-30(18)28-17/h4-6,9,12-14H,2-3,7-8,10-11H2,1H3,(H2,24,25,26,27)/t14-,22-. The Hall–Kier alpha value is -3.49. The molecule has 0 atom stereocenters. The molecule has 9 heteroatoms. The molecule has 2 fully saturated rings. The lowest BCUT2D eigenvalue weighted by molar-refractivity contribution is -0.145. The summed E-state index contributed by atoms with van der Waals surface area (Å²) >= 11 is 0. The molecular weight excluding hydrogens is 392 g/mol. The molecule has 4 aromatic rings. The molecule has 0 aromatic carbocycles. The van der Waals surface area contributed by atoms with Gasteiger partial charge in [-0.25, -0.2) is 14.5 Å². The minimum Gasteiger partial charge on any atom is -0.351 e. The Kier molecular flexibility index (Phi) is 3.99. The molecule has 31 heavy (non-hydrogen) atoms. The van der Waals surface area contributed by atoms with E-state index >= 15 is 0 Å². The number of hydrogen-bond donors (Lipinski definition) is 2. The van der Waals surface area contributed by atoms with E-state index in [4.69, 9.17) is 0 Å². The third kappa shape index (κ3) is 3.03. The minimum atomic E-state index is -0.261. The summed E-state index contributed by atoms with van der Waals surface area (Å²) in [6, 6.07) is 4.10. The van der Waals surface area contributed by atoms with Gasteiger partial charge in [0.15, 0.2) is 5.65 Å². The van der Waals surface area contributed by atoms with E-state index in [0.29, 0.717) is 11.9 Å². The highest BCUT2D eigenvalue weighted by Crippen LogP contribution is 2.44. The number of rotatable bonds is 4. The Morgan fingerprint density at radius 1 is 1.23 bits per heavy atom. The van der Waals surface area contributed by atoms with Crippen LogP contribution in [-0.4, -0.2) is 59.5 Å². The first-order valence-corrected chi connectivity index (χ1v) is 10.8. The van der Waals surface area contributed by atoms with Crippen LogP contribution < -0.4 is 5.32 Å². The Morgan fingerprint density at radius 3 is 2.90 bits per heavy atom. The van der Waals surface area contributed by atoms with Gasteiger partial charge in [0, 0.05) is 54.9 Å². The fourth-order valence-electron chi connectivity index (χ4n) is 4.94. The highest BCUT2D eigenvalue weighted by molar-refractivity contribution is 5.92. The lowest BCUT2D eigenvalue weighted by Gasteiger charge is -2.45. The number of hydrogen-bond acceptors (Lipinski definition) is 6. The van der Waals surface area contributed by atoms with Crippen molar-refractivity contribution in [3.05, 3.63) is 36.9 Å². The number of carbonyl (C=O) groups excluding carboxylic acids is 1. The van der Waals surface area contributed by atoms with Crippen molar-refractivity contribution in [2.45, 2.75) is 38.6 Å². The Morgan fingerprint density at radius 2 is 2.06 bits per heavy atom. The van der Waals surface area contributed by atoms with E-state index < -0.39 is 0 Å². The summed E-state index contributed by atoms with van der Waals surface area (Å²) in [5, 5.41) is 8.93. The largest absolute Gasteiger partial charge is 0.351 e. The molecule has 0 spiro atoms. The molecule has 0 bridgehead atoms. The summed E-state index contributed by atoms with van der Waals surface area (Å²) in [5.74, 6) is 0.885. The van der Waals surface area contributed by atoms with Gasteiger partial charge in [0.2, 0.25) is 11.9 Å². The maximum absolute atomic E-state index is 12.8. The van der Waals surface area contributed by atoms with Crippen LogP contribution in [-0.2, 0) is 4.79 Å². The van der Waals surface area contributed by atoms with Crippen molar-refractivity contribution in [1.82, 2.24) is 34.4 Å². The second-order valence-corrected chi connectivity index (χ2v) is 8.92. The monoisotopic (exact) mass is 416 g/mol. The summed E-state index contributed by atoms with van der Waals surface area (Å²) in [4.78, 5) is 31.4. The van der Waals surface area contributed by atoms with Gasteiger partial charge < -0.3 is 15.2 Å². The van der Waals surface area contributed by atoms with Crippen molar-refractivity contribution in [2.75, 3.05) is 18.4 Å².